The lowest BCUT2D eigenvalue weighted by Crippen LogP contribution is -2.14. The SMILES string of the molecule is CCc1nn(C)cc1CNc1c(C)cccc1C(N)=S. The third kappa shape index (κ3) is 2.99. The second-order valence-corrected chi connectivity index (χ2v) is 5.28. The number of aromatic nitrogens is 2. The average molecular weight is 288 g/mol. The standard InChI is InChI=1S/C15H20N4S/c1-4-13-11(9-19(3)18-13)8-17-14-10(2)6-5-7-12(14)15(16)20/h5-7,9,17H,4,8H2,1-3H3,(H2,16,20). The molecule has 20 heavy (non-hydrogen) atoms. The lowest BCUT2D eigenvalue weighted by Gasteiger charge is -2.14. The van der Waals surface area contributed by atoms with Crippen molar-refractivity contribution in [2.24, 2.45) is 12.8 Å². The van der Waals surface area contributed by atoms with Crippen LogP contribution in [-0.2, 0) is 20.0 Å². The molecular formula is C15H20N4S. The fourth-order valence-corrected chi connectivity index (χ4v) is 2.49. The molecule has 5 heteroatoms. The minimum Gasteiger partial charge on any atom is -0.389 e. The van der Waals surface area contributed by atoms with Crippen LogP contribution >= 0.6 is 12.2 Å². The Kier molecular flexibility index (Phi) is 4.39. The molecule has 3 N–H and O–H groups in total. The molecule has 0 aliphatic heterocycles. The molecule has 0 amide bonds. The zero-order valence-corrected chi connectivity index (χ0v) is 12.9. The van der Waals surface area contributed by atoms with Crippen molar-refractivity contribution in [3.05, 3.63) is 46.8 Å². The minimum absolute atomic E-state index is 0.415. The Morgan fingerprint density at radius 1 is 1.45 bits per heavy atom. The van der Waals surface area contributed by atoms with Gasteiger partial charge in [0, 0.05) is 36.6 Å². The maximum absolute atomic E-state index is 5.79. The van der Waals surface area contributed by atoms with E-state index in [0.717, 1.165) is 35.5 Å². The number of aryl methyl sites for hydroxylation is 3. The molecule has 1 aromatic heterocycles. The fraction of sp³-hybridized carbons (Fsp3) is 0.333. The third-order valence-electron chi connectivity index (χ3n) is 3.32. The number of nitrogens with two attached hydrogens (primary N) is 1. The summed E-state index contributed by atoms with van der Waals surface area (Å²) >= 11 is 5.11. The number of anilines is 1. The van der Waals surface area contributed by atoms with E-state index < -0.39 is 0 Å². The van der Waals surface area contributed by atoms with Crippen molar-refractivity contribution in [3.8, 4) is 0 Å². The number of nitrogens with one attached hydrogen (secondary N) is 1. The fourth-order valence-electron chi connectivity index (χ4n) is 2.32. The van der Waals surface area contributed by atoms with E-state index in [0.29, 0.717) is 4.99 Å². The topological polar surface area (TPSA) is 55.9 Å². The van der Waals surface area contributed by atoms with Crippen molar-refractivity contribution in [1.82, 2.24) is 9.78 Å². The first-order chi connectivity index (χ1) is 9.52. The minimum atomic E-state index is 0.415. The Morgan fingerprint density at radius 2 is 2.20 bits per heavy atom. The molecule has 0 bridgehead atoms. The van der Waals surface area contributed by atoms with Gasteiger partial charge in [0.25, 0.3) is 0 Å². The van der Waals surface area contributed by atoms with Gasteiger partial charge in [-0.2, -0.15) is 5.10 Å². The third-order valence-corrected chi connectivity index (χ3v) is 3.54. The lowest BCUT2D eigenvalue weighted by molar-refractivity contribution is 0.746. The largest absolute Gasteiger partial charge is 0.389 e. The van der Waals surface area contributed by atoms with Gasteiger partial charge >= 0.3 is 0 Å². The molecule has 106 valence electrons. The van der Waals surface area contributed by atoms with Gasteiger partial charge in [-0.3, -0.25) is 4.68 Å². The molecule has 2 rings (SSSR count). The zero-order valence-electron chi connectivity index (χ0n) is 12.1. The van der Waals surface area contributed by atoms with Crippen LogP contribution in [0.3, 0.4) is 0 Å². The van der Waals surface area contributed by atoms with E-state index in [9.17, 15) is 0 Å². The van der Waals surface area contributed by atoms with Gasteiger partial charge in [-0.25, -0.2) is 0 Å². The van der Waals surface area contributed by atoms with Crippen molar-refractivity contribution in [2.45, 2.75) is 26.8 Å². The van der Waals surface area contributed by atoms with E-state index in [1.807, 2.05) is 43.0 Å². The number of hydrogen-bond donors (Lipinski definition) is 2. The number of benzene rings is 1. The Hall–Kier alpha value is -1.88. The van der Waals surface area contributed by atoms with Gasteiger partial charge in [-0.15, -0.1) is 0 Å². The second-order valence-electron chi connectivity index (χ2n) is 4.84. The van der Waals surface area contributed by atoms with Crippen LogP contribution in [0.25, 0.3) is 0 Å². The molecule has 1 heterocycles. The van der Waals surface area contributed by atoms with Crippen LogP contribution in [0.2, 0.25) is 0 Å². The van der Waals surface area contributed by atoms with Crippen LogP contribution in [0.5, 0.6) is 0 Å². The Labute approximate surface area is 125 Å². The molecule has 0 aliphatic carbocycles. The molecule has 0 radical (unpaired) electrons. The summed E-state index contributed by atoms with van der Waals surface area (Å²) in [6.45, 7) is 4.88. The first kappa shape index (κ1) is 14.5. The van der Waals surface area contributed by atoms with Crippen molar-refractivity contribution < 1.29 is 0 Å². The molecule has 0 fully saturated rings. The predicted octanol–water partition coefficient (Wildman–Crippen LogP) is 2.54. The molecule has 0 atom stereocenters. The van der Waals surface area contributed by atoms with E-state index in [4.69, 9.17) is 18.0 Å². The number of nitrogens with zero attached hydrogens (tertiary/aromatic N) is 2. The van der Waals surface area contributed by atoms with Crippen LogP contribution in [-0.4, -0.2) is 14.8 Å². The van der Waals surface area contributed by atoms with Crippen molar-refractivity contribution in [3.63, 3.8) is 0 Å². The van der Waals surface area contributed by atoms with Gasteiger partial charge in [0.05, 0.1) is 5.69 Å². The lowest BCUT2D eigenvalue weighted by atomic mass is 10.1. The summed E-state index contributed by atoms with van der Waals surface area (Å²) < 4.78 is 1.85. The van der Waals surface area contributed by atoms with Crippen molar-refractivity contribution in [1.29, 1.82) is 0 Å². The maximum atomic E-state index is 5.79. The Balaban J connectivity index is 2.24. The highest BCUT2D eigenvalue weighted by Gasteiger charge is 2.10. The maximum Gasteiger partial charge on any atom is 0.106 e. The monoisotopic (exact) mass is 288 g/mol. The zero-order chi connectivity index (χ0) is 14.7. The van der Waals surface area contributed by atoms with Gasteiger partial charge in [0.1, 0.15) is 4.99 Å². The highest BCUT2D eigenvalue weighted by Crippen LogP contribution is 2.22. The van der Waals surface area contributed by atoms with E-state index in [-0.39, 0.29) is 0 Å². The summed E-state index contributed by atoms with van der Waals surface area (Å²) in [7, 11) is 1.94. The van der Waals surface area contributed by atoms with Crippen LogP contribution in [0.15, 0.2) is 24.4 Å². The molecule has 2 aromatic rings. The predicted molar refractivity (Wildman–Crippen MR) is 87.0 cm³/mol. The number of rotatable bonds is 5. The van der Waals surface area contributed by atoms with Crippen molar-refractivity contribution >= 4 is 22.9 Å². The highest BCUT2D eigenvalue weighted by atomic mass is 32.1. The smallest absolute Gasteiger partial charge is 0.106 e. The first-order valence-corrected chi connectivity index (χ1v) is 7.08. The van der Waals surface area contributed by atoms with E-state index in [1.165, 1.54) is 5.56 Å². The summed E-state index contributed by atoms with van der Waals surface area (Å²) in [5.74, 6) is 0. The molecule has 0 saturated carbocycles. The number of para-hydroxylation sites is 1. The van der Waals surface area contributed by atoms with Gasteiger partial charge in [-0.1, -0.05) is 31.3 Å². The Morgan fingerprint density at radius 3 is 2.85 bits per heavy atom. The molecule has 0 spiro atoms. The highest BCUT2D eigenvalue weighted by molar-refractivity contribution is 7.80. The normalized spacial score (nSPS) is 10.6. The van der Waals surface area contributed by atoms with Gasteiger partial charge < -0.3 is 11.1 Å². The molecule has 0 saturated heterocycles. The van der Waals surface area contributed by atoms with Gasteiger partial charge in [0.2, 0.25) is 0 Å². The summed E-state index contributed by atoms with van der Waals surface area (Å²) in [6, 6.07) is 5.96. The number of hydrogen-bond acceptors (Lipinski definition) is 3. The quantitative estimate of drug-likeness (QED) is 0.830. The molecule has 4 nitrogen and oxygen atoms in total. The van der Waals surface area contributed by atoms with Crippen LogP contribution in [0, 0.1) is 6.92 Å². The van der Waals surface area contributed by atoms with Gasteiger partial charge in [0.15, 0.2) is 0 Å². The van der Waals surface area contributed by atoms with Crippen LogP contribution < -0.4 is 11.1 Å². The summed E-state index contributed by atoms with van der Waals surface area (Å²) in [4.78, 5) is 0.415. The summed E-state index contributed by atoms with van der Waals surface area (Å²) in [5.41, 5.74) is 11.1. The van der Waals surface area contributed by atoms with Crippen LogP contribution in [0.4, 0.5) is 5.69 Å². The Bertz CT molecular complexity index is 631. The van der Waals surface area contributed by atoms with E-state index in [1.54, 1.807) is 0 Å². The van der Waals surface area contributed by atoms with Crippen LogP contribution in [0.1, 0.15) is 29.3 Å². The first-order valence-electron chi connectivity index (χ1n) is 6.67. The molecule has 1 aromatic carbocycles. The number of thiocarbonyl (C=S) groups is 1. The summed E-state index contributed by atoms with van der Waals surface area (Å²) in [5, 5.41) is 7.89. The van der Waals surface area contributed by atoms with Crippen molar-refractivity contribution in [2.75, 3.05) is 5.32 Å². The second kappa shape index (κ2) is 6.05. The van der Waals surface area contributed by atoms with Gasteiger partial charge in [-0.05, 0) is 25.0 Å². The van der Waals surface area contributed by atoms with E-state index >= 15 is 0 Å². The molecule has 0 aliphatic rings. The molecule has 0 unspecified atom stereocenters. The average Bonchev–Trinajstić information content (AvgIpc) is 2.77. The summed E-state index contributed by atoms with van der Waals surface area (Å²) in [6.07, 6.45) is 2.97. The molecular weight excluding hydrogens is 268 g/mol. The van der Waals surface area contributed by atoms with E-state index in [2.05, 4.69) is 17.3 Å².